The van der Waals surface area contributed by atoms with Gasteiger partial charge in [0.25, 0.3) is 0 Å². The summed E-state index contributed by atoms with van der Waals surface area (Å²) in [4.78, 5) is 2.91. The van der Waals surface area contributed by atoms with Crippen molar-refractivity contribution in [3.05, 3.63) is 10.4 Å². The summed E-state index contributed by atoms with van der Waals surface area (Å²) in [5.41, 5.74) is 8.79. The van der Waals surface area contributed by atoms with Crippen molar-refractivity contribution in [2.75, 3.05) is 19.8 Å². The summed E-state index contributed by atoms with van der Waals surface area (Å²) in [6.07, 6.45) is 2.91. The molecular weight excluding hydrogens is 274 g/mol. The highest BCUT2D eigenvalue weighted by Gasteiger charge is 2.51. The van der Waals surface area contributed by atoms with E-state index in [2.05, 4.69) is 23.9 Å². The molecule has 0 aliphatic carbocycles. The van der Waals surface area contributed by atoms with Crippen LogP contribution < -0.4 is 0 Å². The van der Waals surface area contributed by atoms with Crippen LogP contribution in [-0.4, -0.2) is 50.5 Å². The lowest BCUT2D eigenvalue weighted by atomic mass is 9.99. The second-order valence-electron chi connectivity index (χ2n) is 5.45. The maximum absolute atomic E-state index is 8.79. The molecule has 7 nitrogen and oxygen atoms in total. The monoisotopic (exact) mass is 299 g/mol. The molecule has 0 aromatic carbocycles. The Morgan fingerprint density at radius 1 is 1.14 bits per heavy atom. The summed E-state index contributed by atoms with van der Waals surface area (Å²) in [5, 5.41) is 3.83. The van der Waals surface area contributed by atoms with Crippen molar-refractivity contribution in [2.24, 2.45) is 5.11 Å². The SMILES string of the molecule is CCCCOC1C(N=[N+]=[N-])[C@@H]2OCC(O2)[C@H]1OCCCC. The van der Waals surface area contributed by atoms with Gasteiger partial charge in [-0.25, -0.2) is 0 Å². The number of rotatable bonds is 9. The standard InChI is InChI=1S/C14H25N3O4/c1-3-5-7-18-12-10-9-20-14(21-10)11(16-17-15)13(12)19-8-6-4-2/h10-14H,3-9H2,1-2H3/t10?,11?,12-,13?,14-/m1/s1. The topological polar surface area (TPSA) is 85.7 Å². The maximum Gasteiger partial charge on any atom is 0.169 e. The number of fused-ring (bicyclic) bond motifs is 2. The van der Waals surface area contributed by atoms with Gasteiger partial charge in [-0.05, 0) is 18.4 Å². The maximum atomic E-state index is 8.79. The number of hydrogen-bond donors (Lipinski definition) is 0. The Kier molecular flexibility index (Phi) is 6.73. The van der Waals surface area contributed by atoms with Gasteiger partial charge in [0.15, 0.2) is 6.29 Å². The smallest absolute Gasteiger partial charge is 0.169 e. The fourth-order valence-corrected chi connectivity index (χ4v) is 2.66. The van der Waals surface area contributed by atoms with Crippen LogP contribution in [0, 0.1) is 0 Å². The van der Waals surface area contributed by atoms with Crippen LogP contribution in [-0.2, 0) is 18.9 Å². The molecule has 2 heterocycles. The molecule has 0 radical (unpaired) electrons. The number of azide groups is 1. The third-order valence-electron chi connectivity index (χ3n) is 3.84. The zero-order chi connectivity index (χ0) is 15.1. The van der Waals surface area contributed by atoms with E-state index in [0.29, 0.717) is 19.8 Å². The predicted octanol–water partition coefficient (Wildman–Crippen LogP) is 2.79. The Morgan fingerprint density at radius 3 is 2.43 bits per heavy atom. The van der Waals surface area contributed by atoms with E-state index in [1.807, 2.05) is 0 Å². The van der Waals surface area contributed by atoms with E-state index in [4.69, 9.17) is 24.5 Å². The van der Waals surface area contributed by atoms with Crippen molar-refractivity contribution >= 4 is 0 Å². The van der Waals surface area contributed by atoms with Gasteiger partial charge in [-0.3, -0.25) is 0 Å². The average Bonchev–Trinajstić information content (AvgIpc) is 2.92. The van der Waals surface area contributed by atoms with E-state index >= 15 is 0 Å². The summed E-state index contributed by atoms with van der Waals surface area (Å²) in [6.45, 7) is 5.98. The minimum Gasteiger partial charge on any atom is -0.375 e. The fraction of sp³-hybridized carbons (Fsp3) is 1.00. The summed E-state index contributed by atoms with van der Waals surface area (Å²) in [6, 6.07) is -0.489. The molecular formula is C14H25N3O4. The van der Waals surface area contributed by atoms with Gasteiger partial charge in [-0.2, -0.15) is 0 Å². The first kappa shape index (κ1) is 16.5. The van der Waals surface area contributed by atoms with Crippen molar-refractivity contribution in [1.29, 1.82) is 0 Å². The number of hydrogen-bond acceptors (Lipinski definition) is 5. The fourth-order valence-electron chi connectivity index (χ4n) is 2.66. The first-order valence-electron chi connectivity index (χ1n) is 7.86. The van der Waals surface area contributed by atoms with Gasteiger partial charge in [0, 0.05) is 18.1 Å². The molecule has 2 rings (SSSR count). The van der Waals surface area contributed by atoms with Gasteiger partial charge < -0.3 is 18.9 Å². The lowest BCUT2D eigenvalue weighted by molar-refractivity contribution is -0.206. The van der Waals surface area contributed by atoms with Crippen molar-refractivity contribution in [3.8, 4) is 0 Å². The molecule has 0 saturated carbocycles. The second kappa shape index (κ2) is 8.56. The normalized spacial score (nSPS) is 34.7. The number of unbranched alkanes of at least 4 members (excludes halogenated alkanes) is 2. The van der Waals surface area contributed by atoms with Gasteiger partial charge >= 0.3 is 0 Å². The highest BCUT2D eigenvalue weighted by Crippen LogP contribution is 2.34. The van der Waals surface area contributed by atoms with Crippen LogP contribution >= 0.6 is 0 Å². The summed E-state index contributed by atoms with van der Waals surface area (Å²) in [7, 11) is 0. The van der Waals surface area contributed by atoms with Crippen LogP contribution in [0.1, 0.15) is 39.5 Å². The van der Waals surface area contributed by atoms with E-state index in [0.717, 1.165) is 25.7 Å². The molecule has 2 bridgehead atoms. The molecule has 21 heavy (non-hydrogen) atoms. The second-order valence-corrected chi connectivity index (χ2v) is 5.45. The van der Waals surface area contributed by atoms with Crippen LogP contribution in [0.3, 0.4) is 0 Å². The van der Waals surface area contributed by atoms with Gasteiger partial charge in [0.2, 0.25) is 0 Å². The largest absolute Gasteiger partial charge is 0.375 e. The van der Waals surface area contributed by atoms with Gasteiger partial charge in [-0.1, -0.05) is 31.8 Å². The molecule has 7 heteroatoms. The van der Waals surface area contributed by atoms with E-state index in [1.54, 1.807) is 0 Å². The highest BCUT2D eigenvalue weighted by molar-refractivity contribution is 4.99. The first-order valence-corrected chi connectivity index (χ1v) is 7.86. The quantitative estimate of drug-likeness (QED) is 0.283. The molecule has 2 saturated heterocycles. The Morgan fingerprint density at radius 2 is 1.81 bits per heavy atom. The molecule has 2 aliphatic rings. The third kappa shape index (κ3) is 4.08. The van der Waals surface area contributed by atoms with Crippen LogP contribution in [0.2, 0.25) is 0 Å². The molecule has 2 fully saturated rings. The molecule has 0 aromatic rings. The molecule has 5 atom stereocenters. The zero-order valence-corrected chi connectivity index (χ0v) is 12.8. The zero-order valence-electron chi connectivity index (χ0n) is 12.8. The van der Waals surface area contributed by atoms with Crippen molar-refractivity contribution < 1.29 is 18.9 Å². The molecule has 120 valence electrons. The van der Waals surface area contributed by atoms with Crippen LogP contribution in [0.15, 0.2) is 5.11 Å². The molecule has 0 spiro atoms. The van der Waals surface area contributed by atoms with Crippen LogP contribution in [0.25, 0.3) is 10.4 Å². The number of nitrogens with zero attached hydrogens (tertiary/aromatic N) is 3. The average molecular weight is 299 g/mol. The molecule has 2 aliphatic heterocycles. The highest BCUT2D eigenvalue weighted by atomic mass is 16.7. The van der Waals surface area contributed by atoms with Crippen molar-refractivity contribution in [3.63, 3.8) is 0 Å². The Balaban J connectivity index is 2.05. The van der Waals surface area contributed by atoms with E-state index in [-0.39, 0.29) is 18.3 Å². The molecule has 0 aromatic heterocycles. The van der Waals surface area contributed by atoms with Gasteiger partial charge in [0.1, 0.15) is 18.2 Å². The lowest BCUT2D eigenvalue weighted by Crippen LogP contribution is -2.55. The van der Waals surface area contributed by atoms with E-state index in [9.17, 15) is 0 Å². The molecule has 0 amide bonds. The summed E-state index contributed by atoms with van der Waals surface area (Å²) in [5.74, 6) is 0. The van der Waals surface area contributed by atoms with Gasteiger partial charge in [0.05, 0.1) is 12.7 Å². The summed E-state index contributed by atoms with van der Waals surface area (Å²) >= 11 is 0. The van der Waals surface area contributed by atoms with Crippen molar-refractivity contribution in [2.45, 2.75) is 70.2 Å². The summed E-state index contributed by atoms with van der Waals surface area (Å²) < 4.78 is 23.2. The van der Waals surface area contributed by atoms with E-state index in [1.165, 1.54) is 0 Å². The third-order valence-corrected chi connectivity index (χ3v) is 3.84. The van der Waals surface area contributed by atoms with E-state index < -0.39 is 12.3 Å². The van der Waals surface area contributed by atoms with Crippen molar-refractivity contribution in [1.82, 2.24) is 0 Å². The minimum atomic E-state index is -0.511. The van der Waals surface area contributed by atoms with Crippen LogP contribution in [0.5, 0.6) is 0 Å². The Hall–Kier alpha value is -0.850. The first-order chi connectivity index (χ1) is 10.3. The molecule has 0 N–H and O–H groups in total. The Labute approximate surface area is 125 Å². The number of ether oxygens (including phenoxy) is 4. The minimum absolute atomic E-state index is 0.136. The molecule has 3 unspecified atom stereocenters. The predicted molar refractivity (Wildman–Crippen MR) is 76.8 cm³/mol. The van der Waals surface area contributed by atoms with Crippen LogP contribution in [0.4, 0.5) is 0 Å². The van der Waals surface area contributed by atoms with Gasteiger partial charge in [-0.15, -0.1) is 0 Å². The Bertz CT molecular complexity index is 362. The lowest BCUT2D eigenvalue weighted by Gasteiger charge is -2.38.